The van der Waals surface area contributed by atoms with Crippen molar-refractivity contribution in [3.8, 4) is 11.5 Å². The number of rotatable bonds is 4. The first-order valence-corrected chi connectivity index (χ1v) is 10.3. The van der Waals surface area contributed by atoms with Crippen LogP contribution in [-0.4, -0.2) is 23.3 Å². The molecule has 2 aromatic carbocycles. The second-order valence-electron chi connectivity index (χ2n) is 7.01. The maximum absolute atomic E-state index is 13.1. The zero-order chi connectivity index (χ0) is 22.3. The van der Waals surface area contributed by atoms with Gasteiger partial charge in [-0.05, 0) is 76.8 Å². The van der Waals surface area contributed by atoms with E-state index in [1.54, 1.807) is 7.11 Å². The molecule has 0 atom stereocenters. The van der Waals surface area contributed by atoms with Gasteiger partial charge in [-0.1, -0.05) is 0 Å². The van der Waals surface area contributed by atoms with Crippen LogP contribution in [0.3, 0.4) is 0 Å². The van der Waals surface area contributed by atoms with Gasteiger partial charge < -0.3 is 9.47 Å². The Labute approximate surface area is 184 Å². The van der Waals surface area contributed by atoms with Crippen LogP contribution in [0, 0.1) is 0 Å². The molecule has 1 aliphatic rings. The van der Waals surface area contributed by atoms with Gasteiger partial charge in [-0.15, -0.1) is 0 Å². The first kappa shape index (κ1) is 21.4. The van der Waals surface area contributed by atoms with Crippen molar-refractivity contribution in [2.24, 2.45) is 0 Å². The van der Waals surface area contributed by atoms with Crippen molar-refractivity contribution in [1.29, 1.82) is 0 Å². The number of alkyl halides is 3. The van der Waals surface area contributed by atoms with Crippen molar-refractivity contribution < 1.29 is 22.6 Å². The lowest BCUT2D eigenvalue weighted by molar-refractivity contribution is -0.137. The maximum atomic E-state index is 13.1. The van der Waals surface area contributed by atoms with Gasteiger partial charge in [0.25, 0.3) is 5.56 Å². The topological polar surface area (TPSA) is 53.4 Å². The summed E-state index contributed by atoms with van der Waals surface area (Å²) in [5, 5.41) is 0.170. The summed E-state index contributed by atoms with van der Waals surface area (Å²) in [5.41, 5.74) is 0.405. The van der Waals surface area contributed by atoms with Crippen LogP contribution in [0.5, 0.6) is 11.5 Å². The number of benzene rings is 2. The number of hydrogen-bond donors (Lipinski definition) is 0. The summed E-state index contributed by atoms with van der Waals surface area (Å²) in [4.78, 5) is 17.2. The minimum absolute atomic E-state index is 0.0322. The molecule has 0 amide bonds. The lowest BCUT2D eigenvalue weighted by atomic mass is 10.1. The number of methoxy groups -OCH3 is 1. The monoisotopic (exact) mass is 494 g/mol. The number of hydrogen-bond acceptors (Lipinski definition) is 4. The van der Waals surface area contributed by atoms with Gasteiger partial charge in [-0.3, -0.25) is 9.36 Å². The van der Waals surface area contributed by atoms with Crippen LogP contribution >= 0.6 is 15.9 Å². The van der Waals surface area contributed by atoms with Gasteiger partial charge in [0, 0.05) is 6.54 Å². The van der Waals surface area contributed by atoms with Crippen molar-refractivity contribution in [1.82, 2.24) is 9.55 Å². The van der Waals surface area contributed by atoms with Gasteiger partial charge in [-0.2, -0.15) is 13.2 Å². The number of ether oxygens (including phenoxy) is 2. The Balaban J connectivity index is 1.84. The van der Waals surface area contributed by atoms with Crippen molar-refractivity contribution in [3.63, 3.8) is 0 Å². The first-order chi connectivity index (χ1) is 14.7. The Morgan fingerprint density at radius 2 is 2.03 bits per heavy atom. The SMILES string of the molecule is CCOc1cc(/C=C2\CCn3c2nc2cc(C(F)(F)F)ccc2c3=O)cc(Br)c1OC. The Bertz CT molecular complexity index is 1270. The van der Waals surface area contributed by atoms with Gasteiger partial charge in [0.2, 0.25) is 0 Å². The molecule has 0 fully saturated rings. The quantitative estimate of drug-likeness (QED) is 0.478. The van der Waals surface area contributed by atoms with Gasteiger partial charge in [0.1, 0.15) is 5.82 Å². The van der Waals surface area contributed by atoms with E-state index in [-0.39, 0.29) is 16.5 Å². The largest absolute Gasteiger partial charge is 0.492 e. The van der Waals surface area contributed by atoms with Gasteiger partial charge in [-0.25, -0.2) is 4.98 Å². The predicted molar refractivity (Wildman–Crippen MR) is 115 cm³/mol. The van der Waals surface area contributed by atoms with Crippen molar-refractivity contribution >= 4 is 38.5 Å². The molecule has 0 saturated carbocycles. The number of aromatic nitrogens is 2. The number of nitrogens with zero attached hydrogens (tertiary/aromatic N) is 2. The van der Waals surface area contributed by atoms with E-state index in [4.69, 9.17) is 9.47 Å². The third kappa shape index (κ3) is 3.94. The zero-order valence-electron chi connectivity index (χ0n) is 16.7. The van der Waals surface area contributed by atoms with Gasteiger partial charge >= 0.3 is 6.18 Å². The van der Waals surface area contributed by atoms with Crippen LogP contribution in [0.1, 0.15) is 30.3 Å². The van der Waals surface area contributed by atoms with E-state index in [1.165, 1.54) is 10.6 Å². The summed E-state index contributed by atoms with van der Waals surface area (Å²) in [6, 6.07) is 6.68. The smallest absolute Gasteiger partial charge is 0.416 e. The first-order valence-electron chi connectivity index (χ1n) is 9.56. The highest BCUT2D eigenvalue weighted by atomic mass is 79.9. The molecule has 0 aliphatic carbocycles. The molecule has 162 valence electrons. The fourth-order valence-electron chi connectivity index (χ4n) is 3.66. The molecular formula is C22H18BrF3N2O3. The Morgan fingerprint density at radius 3 is 2.71 bits per heavy atom. The van der Waals surface area contributed by atoms with Gasteiger partial charge in [0.15, 0.2) is 11.5 Å². The fourth-order valence-corrected chi connectivity index (χ4v) is 4.29. The zero-order valence-corrected chi connectivity index (χ0v) is 18.3. The van der Waals surface area contributed by atoms with Crippen molar-refractivity contribution in [2.75, 3.05) is 13.7 Å². The highest BCUT2D eigenvalue weighted by molar-refractivity contribution is 9.10. The van der Waals surface area contributed by atoms with Crippen LogP contribution in [0.25, 0.3) is 22.6 Å². The van der Waals surface area contributed by atoms with E-state index >= 15 is 0 Å². The van der Waals surface area contributed by atoms with E-state index in [9.17, 15) is 18.0 Å². The Kier molecular flexibility index (Phi) is 5.55. The summed E-state index contributed by atoms with van der Waals surface area (Å²) in [6.07, 6.45) is -2.11. The van der Waals surface area contributed by atoms with Gasteiger partial charge in [0.05, 0.1) is 34.7 Å². The van der Waals surface area contributed by atoms with Crippen molar-refractivity contribution in [3.05, 3.63) is 62.1 Å². The number of fused-ring (bicyclic) bond motifs is 2. The molecule has 2 heterocycles. The molecule has 4 rings (SSSR count). The lowest BCUT2D eigenvalue weighted by Crippen LogP contribution is -2.21. The molecule has 0 N–H and O–H groups in total. The van der Waals surface area contributed by atoms with Crippen LogP contribution in [0.15, 0.2) is 39.6 Å². The predicted octanol–water partition coefficient (Wildman–Crippen LogP) is 5.53. The average Bonchev–Trinajstić information content (AvgIpc) is 3.10. The van der Waals surface area contributed by atoms with E-state index in [2.05, 4.69) is 20.9 Å². The Morgan fingerprint density at radius 1 is 1.26 bits per heavy atom. The van der Waals surface area contributed by atoms with Crippen LogP contribution in [0.2, 0.25) is 0 Å². The molecule has 1 aromatic heterocycles. The number of allylic oxidation sites excluding steroid dienone is 1. The molecular weight excluding hydrogens is 477 g/mol. The molecule has 0 saturated heterocycles. The molecule has 5 nitrogen and oxygen atoms in total. The van der Waals surface area contributed by atoms with Crippen LogP contribution in [-0.2, 0) is 12.7 Å². The maximum Gasteiger partial charge on any atom is 0.416 e. The second kappa shape index (κ2) is 8.03. The van der Waals surface area contributed by atoms with E-state index in [0.717, 1.165) is 23.3 Å². The molecule has 3 aromatic rings. The minimum Gasteiger partial charge on any atom is -0.492 e. The standard InChI is InChI=1S/C22H18BrF3N2O3/c1-3-31-18-10-12(9-16(23)19(18)30-2)8-13-6-7-28-20(13)27-17-11-14(22(24,25)26)4-5-15(17)21(28)29/h4-5,8-11H,3,6-7H2,1-2H3/b13-8+. The molecule has 1 aliphatic heterocycles. The summed E-state index contributed by atoms with van der Waals surface area (Å²) in [5.74, 6) is 1.50. The van der Waals surface area contributed by atoms with E-state index in [0.29, 0.717) is 41.4 Å². The fraction of sp³-hybridized carbons (Fsp3) is 0.273. The van der Waals surface area contributed by atoms with Crippen LogP contribution < -0.4 is 15.0 Å². The Hall–Kier alpha value is -2.81. The molecule has 0 unspecified atom stereocenters. The van der Waals surface area contributed by atoms with E-state index in [1.807, 2.05) is 25.1 Å². The molecule has 9 heteroatoms. The second-order valence-corrected chi connectivity index (χ2v) is 7.86. The lowest BCUT2D eigenvalue weighted by Gasteiger charge is -2.12. The van der Waals surface area contributed by atoms with E-state index < -0.39 is 11.7 Å². The normalized spacial score (nSPS) is 14.8. The molecule has 31 heavy (non-hydrogen) atoms. The highest BCUT2D eigenvalue weighted by Gasteiger charge is 2.31. The summed E-state index contributed by atoms with van der Waals surface area (Å²) < 4.78 is 52.5. The summed E-state index contributed by atoms with van der Waals surface area (Å²) >= 11 is 3.47. The average molecular weight is 495 g/mol. The van der Waals surface area contributed by atoms with Crippen molar-refractivity contribution in [2.45, 2.75) is 26.1 Å². The molecule has 0 radical (unpaired) electrons. The summed E-state index contributed by atoms with van der Waals surface area (Å²) in [7, 11) is 1.55. The number of halogens is 4. The highest BCUT2D eigenvalue weighted by Crippen LogP contribution is 2.38. The van der Waals surface area contributed by atoms with Crippen LogP contribution in [0.4, 0.5) is 13.2 Å². The minimum atomic E-state index is -4.51. The molecule has 0 bridgehead atoms. The third-order valence-electron chi connectivity index (χ3n) is 5.05. The summed E-state index contributed by atoms with van der Waals surface area (Å²) in [6.45, 7) is 2.73. The molecule has 0 spiro atoms. The third-order valence-corrected chi connectivity index (χ3v) is 5.64.